The predicted octanol–water partition coefficient (Wildman–Crippen LogP) is 4.50. The van der Waals surface area contributed by atoms with Crippen LogP contribution in [0.1, 0.15) is 47.2 Å². The molecule has 0 saturated heterocycles. The Morgan fingerprint density at radius 3 is 2.48 bits per heavy atom. The highest BCUT2D eigenvalue weighted by molar-refractivity contribution is 5.95. The molecule has 0 aliphatic heterocycles. The van der Waals surface area contributed by atoms with E-state index in [2.05, 4.69) is 20.2 Å². The molecule has 3 heterocycles. The van der Waals surface area contributed by atoms with Gasteiger partial charge in [0.05, 0.1) is 43.3 Å². The van der Waals surface area contributed by atoms with Gasteiger partial charge in [-0.15, -0.1) is 0 Å². The Morgan fingerprint density at radius 1 is 1.15 bits per heavy atom. The summed E-state index contributed by atoms with van der Waals surface area (Å²) in [6, 6.07) is 5.07. The molecular formula is C26H29F2N7O5. The van der Waals surface area contributed by atoms with Crippen LogP contribution in [0.15, 0.2) is 41.2 Å². The maximum absolute atomic E-state index is 14.8. The molecule has 212 valence electrons. The molecule has 0 spiro atoms. The van der Waals surface area contributed by atoms with Crippen LogP contribution >= 0.6 is 0 Å². The molecule has 14 heteroatoms. The smallest absolute Gasteiger partial charge is 0.412 e. The fraction of sp³-hybridized carbons (Fsp3) is 0.308. The number of carboxylic acid groups (broad SMARTS) is 1. The third-order valence-corrected chi connectivity index (χ3v) is 5.94. The van der Waals surface area contributed by atoms with E-state index < -0.39 is 29.2 Å². The van der Waals surface area contributed by atoms with Crippen molar-refractivity contribution in [3.05, 3.63) is 71.1 Å². The molecule has 0 bridgehead atoms. The Kier molecular flexibility index (Phi) is 8.30. The third-order valence-electron chi connectivity index (χ3n) is 5.94. The average molecular weight is 558 g/mol. The Hall–Kier alpha value is -4.56. The molecule has 2 amide bonds. The number of nitrogens with zero attached hydrogens (tertiary/aromatic N) is 5. The number of hydrogen-bond acceptors (Lipinski definition) is 8. The van der Waals surface area contributed by atoms with Gasteiger partial charge in [-0.05, 0) is 38.2 Å². The standard InChI is InChI=1S/C26H29F2N7O5/c1-14(2)22-21(34(26(37)38)11-16-7-6-15(40-16)10-33(3)4)12-35-23(22)24(29-13-30-35)31-20-8-17(25(36)32-39-5)18(27)9-19(20)28/h6-9,12-14H,10-11H2,1-5H3,(H,32,36)(H,37,38)(H,29,30,31). The molecule has 4 rings (SSSR count). The number of hydroxylamine groups is 1. The predicted molar refractivity (Wildman–Crippen MR) is 141 cm³/mol. The highest BCUT2D eigenvalue weighted by Gasteiger charge is 2.27. The number of carbonyl (C=O) groups is 2. The molecule has 0 saturated carbocycles. The van der Waals surface area contributed by atoms with E-state index in [0.29, 0.717) is 40.9 Å². The van der Waals surface area contributed by atoms with Crippen LogP contribution in [0, 0.1) is 11.6 Å². The van der Waals surface area contributed by atoms with Gasteiger partial charge in [0.15, 0.2) is 5.82 Å². The first-order valence-corrected chi connectivity index (χ1v) is 12.2. The van der Waals surface area contributed by atoms with Crippen molar-refractivity contribution in [1.82, 2.24) is 25.0 Å². The lowest BCUT2D eigenvalue weighted by atomic mass is 10.0. The van der Waals surface area contributed by atoms with Gasteiger partial charge in [-0.3, -0.25) is 14.5 Å². The number of hydrogen-bond donors (Lipinski definition) is 3. The van der Waals surface area contributed by atoms with Crippen molar-refractivity contribution < 1.29 is 32.7 Å². The lowest BCUT2D eigenvalue weighted by molar-refractivity contribution is 0.0533. The summed E-state index contributed by atoms with van der Waals surface area (Å²) in [5.74, 6) is -1.94. The van der Waals surface area contributed by atoms with E-state index in [1.54, 1.807) is 12.1 Å². The molecule has 0 unspecified atom stereocenters. The Labute approximate surface area is 228 Å². The fourth-order valence-corrected chi connectivity index (χ4v) is 4.31. The molecule has 0 aliphatic rings. The summed E-state index contributed by atoms with van der Waals surface area (Å²) in [5.41, 5.74) is 2.56. The number of halogens is 2. The van der Waals surface area contributed by atoms with Crippen molar-refractivity contribution in [2.75, 3.05) is 31.4 Å². The van der Waals surface area contributed by atoms with E-state index in [0.717, 1.165) is 11.0 Å². The van der Waals surface area contributed by atoms with Crippen molar-refractivity contribution in [2.24, 2.45) is 0 Å². The first-order chi connectivity index (χ1) is 19.0. The zero-order chi connectivity index (χ0) is 29.1. The second-order valence-electron chi connectivity index (χ2n) is 9.53. The third kappa shape index (κ3) is 5.87. The summed E-state index contributed by atoms with van der Waals surface area (Å²) in [6.07, 6.45) is 1.52. The number of carbonyl (C=O) groups excluding carboxylic acids is 1. The summed E-state index contributed by atoms with van der Waals surface area (Å²) in [7, 11) is 4.98. The molecule has 3 N–H and O–H groups in total. The zero-order valence-electron chi connectivity index (χ0n) is 22.5. The van der Waals surface area contributed by atoms with Gasteiger partial charge in [-0.1, -0.05) is 13.8 Å². The van der Waals surface area contributed by atoms with Crippen LogP contribution < -0.4 is 15.7 Å². The molecule has 12 nitrogen and oxygen atoms in total. The largest absolute Gasteiger partial charge is 0.465 e. The SMILES string of the molecule is CONC(=O)c1cc(Nc2ncnn3cc(N(Cc4ccc(CN(C)C)o4)C(=O)O)c(C(C)C)c23)c(F)cc1F. The second kappa shape index (κ2) is 11.7. The van der Waals surface area contributed by atoms with Crippen LogP contribution in [0.4, 0.5) is 30.8 Å². The Bertz CT molecular complexity index is 1550. The van der Waals surface area contributed by atoms with E-state index in [4.69, 9.17) is 4.42 Å². The highest BCUT2D eigenvalue weighted by atomic mass is 19.1. The van der Waals surface area contributed by atoms with Gasteiger partial charge >= 0.3 is 6.09 Å². The van der Waals surface area contributed by atoms with Crippen molar-refractivity contribution in [3.8, 4) is 0 Å². The van der Waals surface area contributed by atoms with Crippen LogP contribution in [0.5, 0.6) is 0 Å². The number of fused-ring (bicyclic) bond motifs is 1. The fourth-order valence-electron chi connectivity index (χ4n) is 4.31. The van der Waals surface area contributed by atoms with Gasteiger partial charge in [0, 0.05) is 11.6 Å². The minimum absolute atomic E-state index is 0.0693. The first-order valence-electron chi connectivity index (χ1n) is 12.2. The second-order valence-corrected chi connectivity index (χ2v) is 9.53. The van der Waals surface area contributed by atoms with Crippen molar-refractivity contribution in [3.63, 3.8) is 0 Å². The summed E-state index contributed by atoms with van der Waals surface area (Å²) < 4.78 is 36.3. The normalized spacial score (nSPS) is 11.4. The van der Waals surface area contributed by atoms with Crippen molar-refractivity contribution >= 4 is 34.7 Å². The lowest BCUT2D eigenvalue weighted by Gasteiger charge is -2.20. The van der Waals surface area contributed by atoms with E-state index >= 15 is 0 Å². The van der Waals surface area contributed by atoms with Gasteiger partial charge in [-0.25, -0.2) is 28.6 Å². The van der Waals surface area contributed by atoms with Crippen LogP contribution in [0.3, 0.4) is 0 Å². The number of rotatable bonds is 10. The summed E-state index contributed by atoms with van der Waals surface area (Å²) in [5, 5.41) is 17.2. The Morgan fingerprint density at radius 2 is 1.85 bits per heavy atom. The maximum atomic E-state index is 14.8. The summed E-state index contributed by atoms with van der Waals surface area (Å²) >= 11 is 0. The van der Waals surface area contributed by atoms with Gasteiger partial charge in [0.2, 0.25) is 0 Å². The summed E-state index contributed by atoms with van der Waals surface area (Å²) in [6.45, 7) is 4.22. The zero-order valence-corrected chi connectivity index (χ0v) is 22.5. The first kappa shape index (κ1) is 28.4. The minimum atomic E-state index is -1.22. The summed E-state index contributed by atoms with van der Waals surface area (Å²) in [4.78, 5) is 36.4. The van der Waals surface area contributed by atoms with E-state index in [9.17, 15) is 23.5 Å². The van der Waals surface area contributed by atoms with Crippen molar-refractivity contribution in [1.29, 1.82) is 0 Å². The quantitative estimate of drug-likeness (QED) is 0.241. The van der Waals surface area contributed by atoms with Crippen LogP contribution in [0.25, 0.3) is 5.52 Å². The molecule has 40 heavy (non-hydrogen) atoms. The number of furan rings is 1. The van der Waals surface area contributed by atoms with Crippen LogP contribution in [-0.2, 0) is 17.9 Å². The number of anilines is 3. The molecular weight excluding hydrogens is 528 g/mol. The number of amides is 2. The van der Waals surface area contributed by atoms with Crippen LogP contribution in [-0.4, -0.2) is 57.8 Å². The molecule has 0 fully saturated rings. The van der Waals surface area contributed by atoms with Gasteiger partial charge in [0.25, 0.3) is 5.91 Å². The van der Waals surface area contributed by atoms with Crippen LogP contribution in [0.2, 0.25) is 0 Å². The number of nitrogens with one attached hydrogen (secondary N) is 2. The van der Waals surface area contributed by atoms with E-state index in [-0.39, 0.29) is 24.0 Å². The highest BCUT2D eigenvalue weighted by Crippen LogP contribution is 2.38. The number of benzene rings is 1. The van der Waals surface area contributed by atoms with Gasteiger partial charge < -0.3 is 19.7 Å². The van der Waals surface area contributed by atoms with Gasteiger partial charge in [0.1, 0.15) is 35.0 Å². The molecule has 0 atom stereocenters. The maximum Gasteiger partial charge on any atom is 0.412 e. The Balaban J connectivity index is 1.78. The van der Waals surface area contributed by atoms with Gasteiger partial charge in [-0.2, -0.15) is 5.10 Å². The lowest BCUT2D eigenvalue weighted by Crippen LogP contribution is -2.29. The topological polar surface area (TPSA) is 137 Å². The molecule has 1 aromatic carbocycles. The molecule has 0 radical (unpaired) electrons. The minimum Gasteiger partial charge on any atom is -0.465 e. The van der Waals surface area contributed by atoms with Crippen molar-refractivity contribution in [2.45, 2.75) is 32.9 Å². The average Bonchev–Trinajstić information content (AvgIpc) is 3.48. The number of aromatic nitrogens is 3. The van der Waals surface area contributed by atoms with E-state index in [1.165, 1.54) is 24.1 Å². The molecule has 4 aromatic rings. The van der Waals surface area contributed by atoms with E-state index in [1.807, 2.05) is 38.3 Å². The monoisotopic (exact) mass is 557 g/mol. The molecule has 3 aromatic heterocycles. The molecule has 0 aliphatic carbocycles.